The van der Waals surface area contributed by atoms with Crippen LogP contribution in [0.5, 0.6) is 5.75 Å². The Balaban J connectivity index is 1.22. The van der Waals surface area contributed by atoms with E-state index in [9.17, 15) is 14.4 Å². The Morgan fingerprint density at radius 3 is 2.72 bits per heavy atom. The maximum atomic E-state index is 13.4. The van der Waals surface area contributed by atoms with E-state index in [-0.39, 0.29) is 48.5 Å². The Bertz CT molecular complexity index is 1330. The van der Waals surface area contributed by atoms with Crippen molar-refractivity contribution in [2.45, 2.75) is 51.0 Å². The van der Waals surface area contributed by atoms with Crippen molar-refractivity contribution in [1.82, 2.24) is 26.4 Å². The Morgan fingerprint density at radius 1 is 1.13 bits per heavy atom. The van der Waals surface area contributed by atoms with Gasteiger partial charge in [-0.25, -0.2) is 15.3 Å². The summed E-state index contributed by atoms with van der Waals surface area (Å²) in [4.78, 5) is 49.5. The summed E-state index contributed by atoms with van der Waals surface area (Å²) >= 11 is 1.19. The molecule has 39 heavy (non-hydrogen) atoms. The molecule has 1 fully saturated rings. The standard InChI is InChI=1S/C27H31N7O4S/c1-16-13-22(33-32-16)31-24(36)15-39-27-30-19-9-5-4-8-18(19)25-29-20(26(37)34(25)27)11-12-23(35)28-14-17-7-3-6-10-21(17)38-2/h3-10,16,20,22,32-33H,11-15H2,1-2H3,(H,28,35)(H,31,36). The van der Waals surface area contributed by atoms with E-state index in [0.717, 1.165) is 17.5 Å². The van der Waals surface area contributed by atoms with E-state index >= 15 is 0 Å². The molecule has 0 spiro atoms. The molecule has 1 saturated heterocycles. The molecule has 3 heterocycles. The number of hydrogen-bond donors (Lipinski definition) is 4. The van der Waals surface area contributed by atoms with Crippen LogP contribution in [0, 0.1) is 0 Å². The van der Waals surface area contributed by atoms with Crippen LogP contribution in [0.1, 0.15) is 37.3 Å². The third-order valence-corrected chi connectivity index (χ3v) is 7.56. The number of carbonyl (C=O) groups is 3. The number of aliphatic imine (C=N–C) groups is 2. The maximum Gasteiger partial charge on any atom is 0.259 e. The fourth-order valence-electron chi connectivity index (χ4n) is 4.66. The van der Waals surface area contributed by atoms with Gasteiger partial charge in [0.15, 0.2) is 5.17 Å². The van der Waals surface area contributed by atoms with Crippen LogP contribution in [0.3, 0.4) is 0 Å². The van der Waals surface area contributed by atoms with E-state index in [2.05, 4.69) is 26.5 Å². The highest BCUT2D eigenvalue weighted by molar-refractivity contribution is 8.14. The fraction of sp³-hybridized carbons (Fsp3) is 0.370. The van der Waals surface area contributed by atoms with Gasteiger partial charge >= 0.3 is 0 Å². The van der Waals surface area contributed by atoms with Crippen LogP contribution in [-0.2, 0) is 20.9 Å². The van der Waals surface area contributed by atoms with Crippen LogP contribution in [0.4, 0.5) is 5.69 Å². The summed E-state index contributed by atoms with van der Waals surface area (Å²) in [7, 11) is 1.59. The van der Waals surface area contributed by atoms with Gasteiger partial charge in [-0.1, -0.05) is 42.1 Å². The van der Waals surface area contributed by atoms with Gasteiger partial charge < -0.3 is 15.4 Å². The molecule has 0 saturated carbocycles. The summed E-state index contributed by atoms with van der Waals surface area (Å²) < 4.78 is 5.33. The van der Waals surface area contributed by atoms with Gasteiger partial charge in [0.2, 0.25) is 11.8 Å². The first kappa shape index (κ1) is 26.9. The zero-order valence-electron chi connectivity index (χ0n) is 21.8. The molecule has 4 N–H and O–H groups in total. The van der Waals surface area contributed by atoms with Gasteiger partial charge in [0, 0.05) is 30.1 Å². The molecule has 0 aromatic heterocycles. The fourth-order valence-corrected chi connectivity index (χ4v) is 5.47. The number of para-hydroxylation sites is 2. The van der Waals surface area contributed by atoms with Crippen molar-refractivity contribution in [2.75, 3.05) is 12.9 Å². The molecular formula is C27H31N7O4S. The Hall–Kier alpha value is -3.74. The summed E-state index contributed by atoms with van der Waals surface area (Å²) in [5.41, 5.74) is 8.42. The number of rotatable bonds is 9. The molecule has 0 aliphatic carbocycles. The smallest absolute Gasteiger partial charge is 0.259 e. The van der Waals surface area contributed by atoms with Gasteiger partial charge in [0.1, 0.15) is 17.6 Å². The number of hydrogen-bond acceptors (Lipinski definition) is 9. The van der Waals surface area contributed by atoms with Crippen LogP contribution in [0.15, 0.2) is 58.5 Å². The molecule has 3 aliphatic rings. The predicted molar refractivity (Wildman–Crippen MR) is 150 cm³/mol. The minimum Gasteiger partial charge on any atom is -0.496 e. The van der Waals surface area contributed by atoms with Crippen molar-refractivity contribution < 1.29 is 19.1 Å². The molecule has 2 aromatic carbocycles. The zero-order chi connectivity index (χ0) is 27.4. The van der Waals surface area contributed by atoms with Gasteiger partial charge in [0.25, 0.3) is 5.91 Å². The predicted octanol–water partition coefficient (Wildman–Crippen LogP) is 1.81. The van der Waals surface area contributed by atoms with Gasteiger partial charge in [-0.3, -0.25) is 24.8 Å². The largest absolute Gasteiger partial charge is 0.496 e. The number of fused-ring (bicyclic) bond motifs is 3. The van der Waals surface area contributed by atoms with E-state index in [0.29, 0.717) is 29.0 Å². The SMILES string of the molecule is COc1ccccc1CNC(=O)CCC1N=C2c3ccccc3N=C(SCC(=O)NC3CC(C)NN3)N2C1=O. The lowest BCUT2D eigenvalue weighted by molar-refractivity contribution is -0.125. The van der Waals surface area contributed by atoms with Crippen molar-refractivity contribution in [3.63, 3.8) is 0 Å². The third kappa shape index (κ3) is 6.13. The molecule has 12 heteroatoms. The second kappa shape index (κ2) is 12.0. The number of carbonyl (C=O) groups excluding carboxylic acids is 3. The average Bonchev–Trinajstić information content (AvgIpc) is 3.51. The molecule has 204 valence electrons. The second-order valence-electron chi connectivity index (χ2n) is 9.52. The number of nitrogens with zero attached hydrogens (tertiary/aromatic N) is 3. The zero-order valence-corrected chi connectivity index (χ0v) is 22.6. The number of thioether (sulfide) groups is 1. The summed E-state index contributed by atoms with van der Waals surface area (Å²) in [6.07, 6.45) is 1.03. The molecule has 0 radical (unpaired) electrons. The van der Waals surface area contributed by atoms with Crippen LogP contribution >= 0.6 is 11.8 Å². The quantitative estimate of drug-likeness (QED) is 0.375. The Kier molecular flexibility index (Phi) is 8.24. The monoisotopic (exact) mass is 549 g/mol. The second-order valence-corrected chi connectivity index (χ2v) is 10.5. The van der Waals surface area contributed by atoms with Gasteiger partial charge in [-0.05, 0) is 38.0 Å². The topological polar surface area (TPSA) is 137 Å². The lowest BCUT2D eigenvalue weighted by Gasteiger charge is -2.25. The third-order valence-electron chi connectivity index (χ3n) is 6.62. The van der Waals surface area contributed by atoms with E-state index in [1.165, 1.54) is 16.7 Å². The molecule has 0 bridgehead atoms. The molecular weight excluding hydrogens is 518 g/mol. The molecule has 11 nitrogen and oxygen atoms in total. The first-order valence-corrected chi connectivity index (χ1v) is 13.8. The molecule has 3 atom stereocenters. The van der Waals surface area contributed by atoms with Crippen LogP contribution < -0.4 is 26.2 Å². The maximum absolute atomic E-state index is 13.4. The van der Waals surface area contributed by atoms with Crippen molar-refractivity contribution in [2.24, 2.45) is 9.98 Å². The Morgan fingerprint density at radius 2 is 1.92 bits per heavy atom. The highest BCUT2D eigenvalue weighted by atomic mass is 32.2. The molecule has 3 amide bonds. The summed E-state index contributed by atoms with van der Waals surface area (Å²) in [6.45, 7) is 2.36. The minimum atomic E-state index is -0.710. The van der Waals surface area contributed by atoms with Crippen LogP contribution in [0.2, 0.25) is 0 Å². The van der Waals surface area contributed by atoms with Gasteiger partial charge in [-0.15, -0.1) is 0 Å². The number of amides is 3. The van der Waals surface area contributed by atoms with Gasteiger partial charge in [-0.2, -0.15) is 0 Å². The Labute approximate surface area is 230 Å². The summed E-state index contributed by atoms with van der Waals surface area (Å²) in [5, 5.41) is 6.23. The van der Waals surface area contributed by atoms with Crippen molar-refractivity contribution in [1.29, 1.82) is 0 Å². The van der Waals surface area contributed by atoms with E-state index in [1.807, 2.05) is 55.5 Å². The summed E-state index contributed by atoms with van der Waals surface area (Å²) in [6, 6.07) is 14.5. The number of ether oxygens (including phenoxy) is 1. The van der Waals surface area contributed by atoms with E-state index in [4.69, 9.17) is 9.73 Å². The van der Waals surface area contributed by atoms with Crippen LogP contribution in [-0.4, -0.2) is 64.7 Å². The van der Waals surface area contributed by atoms with E-state index in [1.54, 1.807) is 7.11 Å². The molecule has 2 aromatic rings. The normalized spacial score (nSPS) is 21.5. The molecule has 3 aliphatic heterocycles. The van der Waals surface area contributed by atoms with E-state index < -0.39 is 6.04 Å². The average molecular weight is 550 g/mol. The molecule has 3 unspecified atom stereocenters. The van der Waals surface area contributed by atoms with Crippen LogP contribution in [0.25, 0.3) is 0 Å². The lowest BCUT2D eigenvalue weighted by atomic mass is 10.1. The highest BCUT2D eigenvalue weighted by Crippen LogP contribution is 2.34. The minimum absolute atomic E-state index is 0.0979. The number of benzene rings is 2. The first-order chi connectivity index (χ1) is 18.9. The summed E-state index contributed by atoms with van der Waals surface area (Å²) in [5.74, 6) is 0.713. The lowest BCUT2D eigenvalue weighted by Crippen LogP contribution is -2.45. The number of amidine groups is 2. The van der Waals surface area contributed by atoms with Crippen molar-refractivity contribution in [3.05, 3.63) is 59.7 Å². The van der Waals surface area contributed by atoms with Gasteiger partial charge in [0.05, 0.1) is 24.7 Å². The van der Waals surface area contributed by atoms with Crippen molar-refractivity contribution in [3.8, 4) is 5.75 Å². The first-order valence-electron chi connectivity index (χ1n) is 12.8. The van der Waals surface area contributed by atoms with Crippen molar-refractivity contribution >= 4 is 46.2 Å². The highest BCUT2D eigenvalue weighted by Gasteiger charge is 2.41. The number of hydrazine groups is 1. The molecule has 5 rings (SSSR count). The number of nitrogens with one attached hydrogen (secondary N) is 4. The number of methoxy groups -OCH3 is 1.